The topological polar surface area (TPSA) is 92.4 Å². The smallest absolute Gasteiger partial charge is 0.327 e. The van der Waals surface area contributed by atoms with Gasteiger partial charge in [-0.2, -0.15) is 12.6 Å². The van der Waals surface area contributed by atoms with Gasteiger partial charge in [-0.3, -0.25) is 4.79 Å². The van der Waals surface area contributed by atoms with Gasteiger partial charge >= 0.3 is 5.97 Å². The molecule has 0 aliphatic rings. The second-order valence-corrected chi connectivity index (χ2v) is 2.74. The van der Waals surface area contributed by atoms with Gasteiger partial charge in [0.2, 0.25) is 5.91 Å². The third-order valence-corrected chi connectivity index (χ3v) is 1.58. The molecular weight excluding hydrogens is 180 g/mol. The second-order valence-electron chi connectivity index (χ2n) is 2.37. The molecule has 0 spiro atoms. The van der Waals surface area contributed by atoms with E-state index in [9.17, 15) is 9.59 Å². The van der Waals surface area contributed by atoms with Crippen molar-refractivity contribution in [1.82, 2.24) is 5.32 Å². The normalized spacial score (nSPS) is 14.9. The van der Waals surface area contributed by atoms with Gasteiger partial charge in [0, 0.05) is 5.75 Å². The van der Waals surface area contributed by atoms with Crippen molar-refractivity contribution in [2.75, 3.05) is 5.75 Å². The molecule has 0 radical (unpaired) electrons. The molecule has 0 rings (SSSR count). The SMILES string of the molecule is C[C@H](N)C(=O)N[C@H](CS)C(=O)O. The van der Waals surface area contributed by atoms with Crippen LogP contribution in [0, 0.1) is 0 Å². The van der Waals surface area contributed by atoms with Gasteiger partial charge in [-0.1, -0.05) is 0 Å². The highest BCUT2D eigenvalue weighted by Crippen LogP contribution is 1.89. The van der Waals surface area contributed by atoms with E-state index >= 15 is 0 Å². The Balaban J connectivity index is 4.03. The Morgan fingerprint density at radius 1 is 1.67 bits per heavy atom. The number of carbonyl (C=O) groups excluding carboxylic acids is 1. The number of hydrogen-bond acceptors (Lipinski definition) is 4. The third kappa shape index (κ3) is 3.59. The van der Waals surface area contributed by atoms with E-state index in [4.69, 9.17) is 10.8 Å². The second kappa shape index (κ2) is 5.00. The predicted molar refractivity (Wildman–Crippen MR) is 47.1 cm³/mol. The molecule has 0 heterocycles. The van der Waals surface area contributed by atoms with Gasteiger partial charge in [0.05, 0.1) is 6.04 Å². The number of carboxylic acids is 1. The fourth-order valence-corrected chi connectivity index (χ4v) is 0.736. The first kappa shape index (κ1) is 11.2. The molecule has 0 aliphatic carbocycles. The molecule has 0 aromatic carbocycles. The summed E-state index contributed by atoms with van der Waals surface area (Å²) in [7, 11) is 0. The molecular formula is C6H12N2O3S. The number of aliphatic carboxylic acids is 1. The summed E-state index contributed by atoms with van der Waals surface area (Å²) in [6, 6.07) is -1.67. The molecule has 2 atom stereocenters. The molecule has 0 bridgehead atoms. The van der Waals surface area contributed by atoms with Crippen LogP contribution in [0.2, 0.25) is 0 Å². The zero-order chi connectivity index (χ0) is 9.72. The van der Waals surface area contributed by atoms with Gasteiger partial charge in [0.25, 0.3) is 0 Å². The van der Waals surface area contributed by atoms with E-state index in [1.807, 2.05) is 0 Å². The maximum atomic E-state index is 10.9. The predicted octanol–water partition coefficient (Wildman–Crippen LogP) is -1.17. The summed E-state index contributed by atoms with van der Waals surface area (Å²) >= 11 is 3.76. The molecule has 0 aliphatic heterocycles. The van der Waals surface area contributed by atoms with Gasteiger partial charge in [0.1, 0.15) is 6.04 Å². The molecule has 70 valence electrons. The maximum Gasteiger partial charge on any atom is 0.327 e. The van der Waals surface area contributed by atoms with Crippen molar-refractivity contribution in [3.63, 3.8) is 0 Å². The standard InChI is InChI=1S/C6H12N2O3S/c1-3(7)5(9)8-4(2-12)6(10)11/h3-4,12H,2,7H2,1H3,(H,8,9)(H,10,11)/t3-,4+/m0/s1. The first-order chi connectivity index (χ1) is 5.49. The minimum atomic E-state index is -1.11. The fourth-order valence-electron chi connectivity index (χ4n) is 0.489. The molecule has 1 amide bonds. The minimum Gasteiger partial charge on any atom is -0.480 e. The van der Waals surface area contributed by atoms with Crippen LogP contribution in [-0.4, -0.2) is 34.8 Å². The van der Waals surface area contributed by atoms with Gasteiger partial charge in [0.15, 0.2) is 0 Å². The van der Waals surface area contributed by atoms with Crippen LogP contribution in [0.5, 0.6) is 0 Å². The highest BCUT2D eigenvalue weighted by molar-refractivity contribution is 7.80. The van der Waals surface area contributed by atoms with Gasteiger partial charge in [-0.25, -0.2) is 4.79 Å². The highest BCUT2D eigenvalue weighted by atomic mass is 32.1. The van der Waals surface area contributed by atoms with E-state index in [1.165, 1.54) is 6.92 Å². The van der Waals surface area contributed by atoms with Crippen molar-refractivity contribution < 1.29 is 14.7 Å². The van der Waals surface area contributed by atoms with Crippen LogP contribution in [0.25, 0.3) is 0 Å². The molecule has 0 aromatic rings. The lowest BCUT2D eigenvalue weighted by molar-refractivity contribution is -0.141. The van der Waals surface area contributed by atoms with Crippen molar-refractivity contribution in [2.24, 2.45) is 5.73 Å². The van der Waals surface area contributed by atoms with Gasteiger partial charge < -0.3 is 16.2 Å². The molecule has 0 fully saturated rings. The van der Waals surface area contributed by atoms with Crippen molar-refractivity contribution >= 4 is 24.5 Å². The summed E-state index contributed by atoms with van der Waals surface area (Å²) in [6.45, 7) is 1.48. The van der Waals surface area contributed by atoms with Crippen LogP contribution in [0.3, 0.4) is 0 Å². The average molecular weight is 192 g/mol. The first-order valence-electron chi connectivity index (χ1n) is 3.38. The number of hydrogen-bond donors (Lipinski definition) is 4. The van der Waals surface area contributed by atoms with Crippen LogP contribution in [-0.2, 0) is 9.59 Å². The lowest BCUT2D eigenvalue weighted by atomic mass is 10.3. The average Bonchev–Trinajstić information content (AvgIpc) is 1.98. The van der Waals surface area contributed by atoms with E-state index in [1.54, 1.807) is 0 Å². The Morgan fingerprint density at radius 3 is 2.42 bits per heavy atom. The van der Waals surface area contributed by atoms with Crippen LogP contribution in [0.4, 0.5) is 0 Å². The highest BCUT2D eigenvalue weighted by Gasteiger charge is 2.19. The van der Waals surface area contributed by atoms with Crippen molar-refractivity contribution in [3.05, 3.63) is 0 Å². The summed E-state index contributed by atoms with van der Waals surface area (Å²) in [4.78, 5) is 21.3. The Morgan fingerprint density at radius 2 is 2.17 bits per heavy atom. The van der Waals surface area contributed by atoms with E-state index in [0.29, 0.717) is 0 Å². The van der Waals surface area contributed by atoms with E-state index < -0.39 is 24.0 Å². The maximum absolute atomic E-state index is 10.9. The number of amides is 1. The summed E-state index contributed by atoms with van der Waals surface area (Å²) in [5, 5.41) is 10.7. The zero-order valence-corrected chi connectivity index (χ0v) is 7.54. The van der Waals surface area contributed by atoms with Crippen LogP contribution >= 0.6 is 12.6 Å². The molecule has 0 aromatic heterocycles. The Labute approximate surface area is 75.7 Å². The van der Waals surface area contributed by atoms with Crippen molar-refractivity contribution in [1.29, 1.82) is 0 Å². The molecule has 12 heavy (non-hydrogen) atoms. The lowest BCUT2D eigenvalue weighted by Crippen LogP contribution is -2.48. The number of carbonyl (C=O) groups is 2. The number of carboxylic acid groups (broad SMARTS) is 1. The number of nitrogens with two attached hydrogens (primary N) is 1. The van der Waals surface area contributed by atoms with E-state index in [2.05, 4.69) is 17.9 Å². The number of rotatable bonds is 4. The molecule has 5 nitrogen and oxygen atoms in total. The summed E-state index contributed by atoms with van der Waals surface area (Å²) in [6.07, 6.45) is 0. The zero-order valence-electron chi connectivity index (χ0n) is 6.65. The quantitative estimate of drug-likeness (QED) is 0.422. The van der Waals surface area contributed by atoms with Gasteiger partial charge in [-0.15, -0.1) is 0 Å². The Hall–Kier alpha value is -0.750. The monoisotopic (exact) mass is 192 g/mol. The van der Waals surface area contributed by atoms with Crippen molar-refractivity contribution in [3.8, 4) is 0 Å². The van der Waals surface area contributed by atoms with Crippen LogP contribution < -0.4 is 11.1 Å². The third-order valence-electron chi connectivity index (χ3n) is 1.21. The van der Waals surface area contributed by atoms with Crippen LogP contribution in [0.1, 0.15) is 6.92 Å². The number of nitrogens with one attached hydrogen (secondary N) is 1. The van der Waals surface area contributed by atoms with Gasteiger partial charge in [-0.05, 0) is 6.92 Å². The number of thiol groups is 1. The minimum absolute atomic E-state index is 0.0494. The lowest BCUT2D eigenvalue weighted by Gasteiger charge is -2.13. The summed E-state index contributed by atoms with van der Waals surface area (Å²) in [5.74, 6) is -1.55. The fraction of sp³-hybridized carbons (Fsp3) is 0.667. The largest absolute Gasteiger partial charge is 0.480 e. The first-order valence-corrected chi connectivity index (χ1v) is 4.02. The van der Waals surface area contributed by atoms with Crippen molar-refractivity contribution in [2.45, 2.75) is 19.0 Å². The summed E-state index contributed by atoms with van der Waals surface area (Å²) in [5.41, 5.74) is 5.21. The Bertz CT molecular complexity index is 184. The molecule has 0 unspecified atom stereocenters. The molecule has 0 saturated carbocycles. The molecule has 0 saturated heterocycles. The van der Waals surface area contributed by atoms with Crippen LogP contribution in [0.15, 0.2) is 0 Å². The summed E-state index contributed by atoms with van der Waals surface area (Å²) < 4.78 is 0. The van der Waals surface area contributed by atoms with E-state index in [0.717, 1.165) is 0 Å². The Kier molecular flexibility index (Phi) is 4.68. The molecule has 4 N–H and O–H groups in total. The van der Waals surface area contributed by atoms with E-state index in [-0.39, 0.29) is 5.75 Å². The molecule has 6 heteroatoms.